The summed E-state index contributed by atoms with van der Waals surface area (Å²) >= 11 is 0. The Bertz CT molecular complexity index is 148. The van der Waals surface area contributed by atoms with Crippen LogP contribution >= 0.6 is 0 Å². The maximum Gasteiger partial charge on any atom is 0.389 e. The summed E-state index contributed by atoms with van der Waals surface area (Å²) in [6.45, 7) is 6.23. The SMILES string of the molecule is CCCNCC(C)NCCCC(F)(F)F. The van der Waals surface area contributed by atoms with E-state index in [2.05, 4.69) is 17.6 Å². The molecule has 15 heavy (non-hydrogen) atoms. The number of alkyl halides is 3. The smallest absolute Gasteiger partial charge is 0.315 e. The van der Waals surface area contributed by atoms with Gasteiger partial charge in [-0.2, -0.15) is 13.2 Å². The van der Waals surface area contributed by atoms with Gasteiger partial charge in [0.2, 0.25) is 0 Å². The van der Waals surface area contributed by atoms with Crippen LogP contribution in [0, 0.1) is 0 Å². The van der Waals surface area contributed by atoms with E-state index in [1.807, 2.05) is 6.92 Å². The highest BCUT2D eigenvalue weighted by atomic mass is 19.4. The van der Waals surface area contributed by atoms with E-state index in [1.54, 1.807) is 0 Å². The molecular formula is C10H21F3N2. The Morgan fingerprint density at radius 3 is 2.40 bits per heavy atom. The van der Waals surface area contributed by atoms with Crippen LogP contribution in [0.3, 0.4) is 0 Å². The Kier molecular flexibility index (Phi) is 7.78. The summed E-state index contributed by atoms with van der Waals surface area (Å²) in [5.41, 5.74) is 0. The van der Waals surface area contributed by atoms with Gasteiger partial charge in [-0.05, 0) is 32.9 Å². The first kappa shape index (κ1) is 14.7. The van der Waals surface area contributed by atoms with Crippen LogP contribution in [0.5, 0.6) is 0 Å². The van der Waals surface area contributed by atoms with Crippen LogP contribution in [0.25, 0.3) is 0 Å². The second-order valence-electron chi connectivity index (χ2n) is 3.78. The lowest BCUT2D eigenvalue weighted by atomic mass is 10.2. The van der Waals surface area contributed by atoms with Crippen LogP contribution in [0.1, 0.15) is 33.1 Å². The lowest BCUT2D eigenvalue weighted by Gasteiger charge is -2.14. The molecule has 0 radical (unpaired) electrons. The van der Waals surface area contributed by atoms with Gasteiger partial charge in [0.15, 0.2) is 0 Å². The summed E-state index contributed by atoms with van der Waals surface area (Å²) in [4.78, 5) is 0. The second kappa shape index (κ2) is 7.93. The number of nitrogens with one attached hydrogen (secondary N) is 2. The Hall–Kier alpha value is -0.290. The largest absolute Gasteiger partial charge is 0.389 e. The predicted molar refractivity (Wildman–Crippen MR) is 55.9 cm³/mol. The zero-order valence-electron chi connectivity index (χ0n) is 9.45. The van der Waals surface area contributed by atoms with E-state index in [4.69, 9.17) is 0 Å². The van der Waals surface area contributed by atoms with Crippen molar-refractivity contribution >= 4 is 0 Å². The van der Waals surface area contributed by atoms with Crippen molar-refractivity contribution < 1.29 is 13.2 Å². The van der Waals surface area contributed by atoms with E-state index in [9.17, 15) is 13.2 Å². The van der Waals surface area contributed by atoms with Gasteiger partial charge in [0.05, 0.1) is 0 Å². The highest BCUT2D eigenvalue weighted by molar-refractivity contribution is 4.64. The molecule has 0 aromatic rings. The van der Waals surface area contributed by atoms with E-state index in [1.165, 1.54) is 0 Å². The molecule has 0 spiro atoms. The van der Waals surface area contributed by atoms with Crippen LogP contribution in [0.15, 0.2) is 0 Å². The lowest BCUT2D eigenvalue weighted by molar-refractivity contribution is -0.135. The third-order valence-corrected chi connectivity index (χ3v) is 2.01. The molecule has 0 fully saturated rings. The summed E-state index contributed by atoms with van der Waals surface area (Å²) in [5.74, 6) is 0. The van der Waals surface area contributed by atoms with E-state index in [0.29, 0.717) is 6.54 Å². The van der Waals surface area contributed by atoms with E-state index < -0.39 is 12.6 Å². The van der Waals surface area contributed by atoms with Gasteiger partial charge in [0.25, 0.3) is 0 Å². The van der Waals surface area contributed by atoms with Crippen molar-refractivity contribution in [3.63, 3.8) is 0 Å². The normalized spacial score (nSPS) is 14.2. The molecule has 0 aliphatic carbocycles. The average Bonchev–Trinajstić information content (AvgIpc) is 2.11. The van der Waals surface area contributed by atoms with Gasteiger partial charge in [-0.25, -0.2) is 0 Å². The molecule has 0 bridgehead atoms. The van der Waals surface area contributed by atoms with Crippen molar-refractivity contribution in [2.75, 3.05) is 19.6 Å². The van der Waals surface area contributed by atoms with Gasteiger partial charge < -0.3 is 10.6 Å². The van der Waals surface area contributed by atoms with Crippen LogP contribution < -0.4 is 10.6 Å². The molecule has 0 aromatic carbocycles. The minimum Gasteiger partial charge on any atom is -0.315 e. The monoisotopic (exact) mass is 226 g/mol. The number of halogens is 3. The Morgan fingerprint density at radius 2 is 1.87 bits per heavy atom. The van der Waals surface area contributed by atoms with Crippen molar-refractivity contribution in [3.8, 4) is 0 Å². The van der Waals surface area contributed by atoms with Crippen molar-refractivity contribution in [3.05, 3.63) is 0 Å². The van der Waals surface area contributed by atoms with Gasteiger partial charge >= 0.3 is 6.18 Å². The van der Waals surface area contributed by atoms with E-state index in [-0.39, 0.29) is 12.5 Å². The fraction of sp³-hybridized carbons (Fsp3) is 1.00. The zero-order chi connectivity index (χ0) is 11.7. The van der Waals surface area contributed by atoms with E-state index >= 15 is 0 Å². The number of rotatable bonds is 8. The number of hydrogen-bond donors (Lipinski definition) is 2. The fourth-order valence-corrected chi connectivity index (χ4v) is 1.20. The Balaban J connectivity index is 3.27. The van der Waals surface area contributed by atoms with Gasteiger partial charge in [-0.15, -0.1) is 0 Å². The van der Waals surface area contributed by atoms with Crippen molar-refractivity contribution in [2.45, 2.75) is 45.3 Å². The minimum atomic E-state index is -4.02. The average molecular weight is 226 g/mol. The molecular weight excluding hydrogens is 205 g/mol. The quantitative estimate of drug-likeness (QED) is 0.621. The molecule has 0 rings (SSSR count). The van der Waals surface area contributed by atoms with Gasteiger partial charge in [0, 0.05) is 19.0 Å². The minimum absolute atomic E-state index is 0.154. The maximum atomic E-state index is 11.8. The molecule has 92 valence electrons. The molecule has 2 nitrogen and oxygen atoms in total. The second-order valence-corrected chi connectivity index (χ2v) is 3.78. The molecule has 0 saturated heterocycles. The molecule has 0 aliphatic rings. The molecule has 0 heterocycles. The van der Waals surface area contributed by atoms with E-state index in [0.717, 1.165) is 19.5 Å². The molecule has 0 aliphatic heterocycles. The molecule has 5 heteroatoms. The van der Waals surface area contributed by atoms with Gasteiger partial charge in [-0.3, -0.25) is 0 Å². The fourth-order valence-electron chi connectivity index (χ4n) is 1.20. The maximum absolute atomic E-state index is 11.8. The summed E-state index contributed by atoms with van der Waals surface area (Å²) in [6, 6.07) is 0.227. The first-order chi connectivity index (χ1) is 6.95. The first-order valence-corrected chi connectivity index (χ1v) is 5.46. The lowest BCUT2D eigenvalue weighted by Crippen LogP contribution is -2.37. The summed E-state index contributed by atoms with van der Waals surface area (Å²) in [5, 5.41) is 6.26. The van der Waals surface area contributed by atoms with Crippen LogP contribution in [-0.2, 0) is 0 Å². The summed E-state index contributed by atoms with van der Waals surface area (Å²) < 4.78 is 35.4. The molecule has 1 atom stereocenters. The Morgan fingerprint density at radius 1 is 1.20 bits per heavy atom. The predicted octanol–water partition coefficient (Wildman–Crippen LogP) is 2.31. The van der Waals surface area contributed by atoms with Crippen molar-refractivity contribution in [1.29, 1.82) is 0 Å². The number of hydrogen-bond acceptors (Lipinski definition) is 2. The van der Waals surface area contributed by atoms with Gasteiger partial charge in [-0.1, -0.05) is 6.92 Å². The highest BCUT2D eigenvalue weighted by Gasteiger charge is 2.25. The molecule has 0 saturated carbocycles. The molecule has 0 aromatic heterocycles. The van der Waals surface area contributed by atoms with Crippen molar-refractivity contribution in [1.82, 2.24) is 10.6 Å². The standard InChI is InChI=1S/C10H21F3N2/c1-3-6-14-8-9(2)15-7-4-5-10(11,12)13/h9,14-15H,3-8H2,1-2H3. The summed E-state index contributed by atoms with van der Waals surface area (Å²) in [7, 11) is 0. The topological polar surface area (TPSA) is 24.1 Å². The highest BCUT2D eigenvalue weighted by Crippen LogP contribution is 2.20. The molecule has 2 N–H and O–H groups in total. The van der Waals surface area contributed by atoms with Crippen LogP contribution in [0.4, 0.5) is 13.2 Å². The zero-order valence-corrected chi connectivity index (χ0v) is 9.45. The molecule has 1 unspecified atom stereocenters. The van der Waals surface area contributed by atoms with Crippen LogP contribution in [0.2, 0.25) is 0 Å². The van der Waals surface area contributed by atoms with Crippen molar-refractivity contribution in [2.24, 2.45) is 0 Å². The third-order valence-electron chi connectivity index (χ3n) is 2.01. The third kappa shape index (κ3) is 11.6. The van der Waals surface area contributed by atoms with Crippen LogP contribution in [-0.4, -0.2) is 31.9 Å². The molecule has 0 amide bonds. The Labute approximate surface area is 89.6 Å². The van der Waals surface area contributed by atoms with Gasteiger partial charge in [0.1, 0.15) is 0 Å². The first-order valence-electron chi connectivity index (χ1n) is 5.46. The summed E-state index contributed by atoms with van der Waals surface area (Å²) in [6.07, 6.45) is -3.50.